The van der Waals surface area contributed by atoms with Crippen molar-refractivity contribution in [3.63, 3.8) is 0 Å². The summed E-state index contributed by atoms with van der Waals surface area (Å²) in [6.07, 6.45) is 1.54. The summed E-state index contributed by atoms with van der Waals surface area (Å²) >= 11 is 6.51. The zero-order valence-electron chi connectivity index (χ0n) is 15.1. The fraction of sp³-hybridized carbons (Fsp3) is 0.263. The van der Waals surface area contributed by atoms with Crippen molar-refractivity contribution >= 4 is 34.2 Å². The van der Waals surface area contributed by atoms with Crippen molar-refractivity contribution in [2.75, 3.05) is 19.0 Å². The Labute approximate surface area is 156 Å². The van der Waals surface area contributed by atoms with Crippen LogP contribution in [0.2, 0.25) is 5.02 Å². The number of H-pyrrole nitrogens is 1. The highest BCUT2D eigenvalue weighted by molar-refractivity contribution is 6.34. The standard InChI is InChI=1S/C19H21ClN4O2/c1-10(2)26-19-11(5-6-17(23-19)24(3)4)12-7-13-14(18(21)25)9-22-16(13)8-15(12)20/h5-10,22H,1-4H3,(H2,21,25). The summed E-state index contributed by atoms with van der Waals surface area (Å²) in [6.45, 7) is 3.88. The van der Waals surface area contributed by atoms with Gasteiger partial charge in [0.2, 0.25) is 5.88 Å². The third-order valence-corrected chi connectivity index (χ3v) is 4.29. The molecule has 1 aromatic carbocycles. The molecule has 3 N–H and O–H groups in total. The predicted molar refractivity (Wildman–Crippen MR) is 105 cm³/mol. The molecule has 136 valence electrons. The number of fused-ring (bicyclic) bond motifs is 1. The lowest BCUT2D eigenvalue weighted by Crippen LogP contribution is -2.13. The average Bonchev–Trinajstić information content (AvgIpc) is 2.96. The van der Waals surface area contributed by atoms with Gasteiger partial charge in [0.1, 0.15) is 5.82 Å². The molecule has 0 unspecified atom stereocenters. The van der Waals surface area contributed by atoms with Gasteiger partial charge in [-0.25, -0.2) is 0 Å². The molecule has 0 saturated carbocycles. The molecule has 3 aromatic rings. The molecule has 0 spiro atoms. The molecule has 2 aromatic heterocycles. The van der Waals surface area contributed by atoms with Crippen LogP contribution in [0, 0.1) is 0 Å². The van der Waals surface area contributed by atoms with Gasteiger partial charge >= 0.3 is 0 Å². The van der Waals surface area contributed by atoms with Gasteiger partial charge in [0.15, 0.2) is 0 Å². The zero-order valence-corrected chi connectivity index (χ0v) is 15.9. The molecule has 0 fully saturated rings. The number of amides is 1. The van der Waals surface area contributed by atoms with Crippen LogP contribution in [0.15, 0.2) is 30.5 Å². The third kappa shape index (κ3) is 3.32. The summed E-state index contributed by atoms with van der Waals surface area (Å²) in [4.78, 5) is 21.2. The number of ether oxygens (including phenoxy) is 1. The molecule has 0 radical (unpaired) electrons. The van der Waals surface area contributed by atoms with E-state index < -0.39 is 5.91 Å². The van der Waals surface area contributed by atoms with E-state index in [0.717, 1.165) is 22.5 Å². The van der Waals surface area contributed by atoms with Gasteiger partial charge in [0.05, 0.1) is 16.7 Å². The summed E-state index contributed by atoms with van der Waals surface area (Å²) in [5, 5.41) is 1.24. The second-order valence-corrected chi connectivity index (χ2v) is 6.93. The van der Waals surface area contributed by atoms with E-state index in [9.17, 15) is 4.79 Å². The van der Waals surface area contributed by atoms with Crippen LogP contribution in [-0.2, 0) is 0 Å². The molecule has 1 amide bonds. The highest BCUT2D eigenvalue weighted by Crippen LogP contribution is 2.38. The van der Waals surface area contributed by atoms with Gasteiger partial charge in [-0.05, 0) is 38.1 Å². The molecule has 0 saturated heterocycles. The van der Waals surface area contributed by atoms with E-state index in [1.54, 1.807) is 12.3 Å². The summed E-state index contributed by atoms with van der Waals surface area (Å²) in [7, 11) is 3.83. The van der Waals surface area contributed by atoms with E-state index in [1.165, 1.54) is 0 Å². The van der Waals surface area contributed by atoms with E-state index in [-0.39, 0.29) is 6.10 Å². The number of carbonyl (C=O) groups excluding carboxylic acids is 1. The first-order valence-corrected chi connectivity index (χ1v) is 8.61. The number of pyridine rings is 1. The summed E-state index contributed by atoms with van der Waals surface area (Å²) < 4.78 is 5.92. The molecule has 3 rings (SSSR count). The topological polar surface area (TPSA) is 84.2 Å². The van der Waals surface area contributed by atoms with Crippen molar-refractivity contribution < 1.29 is 9.53 Å². The lowest BCUT2D eigenvalue weighted by molar-refractivity contribution is 0.100. The van der Waals surface area contributed by atoms with Crippen LogP contribution in [0.3, 0.4) is 0 Å². The van der Waals surface area contributed by atoms with Gasteiger partial charge in [-0.3, -0.25) is 4.79 Å². The molecule has 26 heavy (non-hydrogen) atoms. The first kappa shape index (κ1) is 18.1. The number of halogens is 1. The molecule has 6 nitrogen and oxygen atoms in total. The Morgan fingerprint density at radius 3 is 2.62 bits per heavy atom. The fourth-order valence-electron chi connectivity index (χ4n) is 2.75. The molecular formula is C19H21ClN4O2. The number of carbonyl (C=O) groups is 1. The number of nitrogens with zero attached hydrogens (tertiary/aromatic N) is 2. The van der Waals surface area contributed by atoms with E-state index in [4.69, 9.17) is 22.1 Å². The molecule has 0 aliphatic heterocycles. The number of nitrogens with two attached hydrogens (primary N) is 1. The Bertz CT molecular complexity index is 979. The van der Waals surface area contributed by atoms with Crippen molar-refractivity contribution in [3.05, 3.63) is 41.0 Å². The number of benzene rings is 1. The Morgan fingerprint density at radius 2 is 2.00 bits per heavy atom. The zero-order chi connectivity index (χ0) is 19.0. The van der Waals surface area contributed by atoms with Crippen LogP contribution >= 0.6 is 11.6 Å². The number of rotatable bonds is 5. The van der Waals surface area contributed by atoms with E-state index in [0.29, 0.717) is 21.9 Å². The lowest BCUT2D eigenvalue weighted by atomic mass is 10.0. The largest absolute Gasteiger partial charge is 0.474 e. The highest BCUT2D eigenvalue weighted by atomic mass is 35.5. The molecule has 2 heterocycles. The normalized spacial score (nSPS) is 11.2. The molecule has 7 heteroatoms. The van der Waals surface area contributed by atoms with Crippen LogP contribution < -0.4 is 15.4 Å². The smallest absolute Gasteiger partial charge is 0.250 e. The molecule has 0 bridgehead atoms. The van der Waals surface area contributed by atoms with E-state index in [1.807, 2.05) is 51.0 Å². The van der Waals surface area contributed by atoms with Gasteiger partial charge in [-0.2, -0.15) is 4.98 Å². The van der Waals surface area contributed by atoms with Crippen LogP contribution in [0.25, 0.3) is 22.0 Å². The quantitative estimate of drug-likeness (QED) is 0.712. The minimum Gasteiger partial charge on any atom is -0.474 e. The summed E-state index contributed by atoms with van der Waals surface area (Å²) in [6, 6.07) is 7.43. The Morgan fingerprint density at radius 1 is 1.27 bits per heavy atom. The van der Waals surface area contributed by atoms with Gasteiger partial charge in [0.25, 0.3) is 5.91 Å². The SMILES string of the molecule is CC(C)Oc1nc(N(C)C)ccc1-c1cc2c(C(N)=O)c[nH]c2cc1Cl. The van der Waals surface area contributed by atoms with Crippen LogP contribution in [0.1, 0.15) is 24.2 Å². The summed E-state index contributed by atoms with van der Waals surface area (Å²) in [5.74, 6) is 0.772. The van der Waals surface area contributed by atoms with Gasteiger partial charge in [-0.15, -0.1) is 0 Å². The van der Waals surface area contributed by atoms with Crippen molar-refractivity contribution in [1.29, 1.82) is 0 Å². The van der Waals surface area contributed by atoms with Gasteiger partial charge < -0.3 is 20.4 Å². The first-order valence-electron chi connectivity index (χ1n) is 8.23. The number of hydrogen-bond acceptors (Lipinski definition) is 4. The Kier molecular flexibility index (Phi) is 4.78. The molecule has 0 atom stereocenters. The number of aromatic amines is 1. The molecule has 0 aliphatic carbocycles. The fourth-order valence-corrected chi connectivity index (χ4v) is 3.02. The maximum Gasteiger partial charge on any atom is 0.250 e. The number of aromatic nitrogens is 2. The maximum atomic E-state index is 11.7. The Balaban J connectivity index is 2.23. The minimum atomic E-state index is -0.496. The molecule has 0 aliphatic rings. The lowest BCUT2D eigenvalue weighted by Gasteiger charge is -2.18. The third-order valence-electron chi connectivity index (χ3n) is 3.98. The number of primary amides is 1. The Hall–Kier alpha value is -2.73. The minimum absolute atomic E-state index is 0.0467. The monoisotopic (exact) mass is 372 g/mol. The molecular weight excluding hydrogens is 352 g/mol. The van der Waals surface area contributed by atoms with Crippen molar-refractivity contribution in [1.82, 2.24) is 9.97 Å². The maximum absolute atomic E-state index is 11.7. The van der Waals surface area contributed by atoms with Crippen molar-refractivity contribution in [2.45, 2.75) is 20.0 Å². The van der Waals surface area contributed by atoms with Crippen LogP contribution in [-0.4, -0.2) is 36.1 Å². The second kappa shape index (κ2) is 6.88. The second-order valence-electron chi connectivity index (χ2n) is 6.53. The predicted octanol–water partition coefficient (Wildman–Crippen LogP) is 3.84. The van der Waals surface area contributed by atoms with Crippen molar-refractivity contribution in [2.24, 2.45) is 5.73 Å². The van der Waals surface area contributed by atoms with E-state index in [2.05, 4.69) is 9.97 Å². The van der Waals surface area contributed by atoms with E-state index >= 15 is 0 Å². The van der Waals surface area contributed by atoms with Crippen LogP contribution in [0.5, 0.6) is 5.88 Å². The van der Waals surface area contributed by atoms with Crippen molar-refractivity contribution in [3.8, 4) is 17.0 Å². The van der Waals surface area contributed by atoms with Gasteiger partial charge in [-0.1, -0.05) is 11.6 Å². The average molecular weight is 373 g/mol. The first-order chi connectivity index (χ1) is 12.3. The number of nitrogens with one attached hydrogen (secondary N) is 1. The highest BCUT2D eigenvalue weighted by Gasteiger charge is 2.18. The summed E-state index contributed by atoms with van der Waals surface area (Å²) in [5.41, 5.74) is 8.12. The van der Waals surface area contributed by atoms with Gasteiger partial charge in [0, 0.05) is 42.3 Å². The van der Waals surface area contributed by atoms with Crippen LogP contribution in [0.4, 0.5) is 5.82 Å². The number of hydrogen-bond donors (Lipinski definition) is 2. The number of anilines is 1.